The lowest BCUT2D eigenvalue weighted by Gasteiger charge is -2.23. The molecule has 0 aliphatic carbocycles. The first kappa shape index (κ1) is 44.1. The van der Waals surface area contributed by atoms with Gasteiger partial charge in [-0.1, -0.05) is 187 Å². The zero-order chi connectivity index (χ0) is 33.1. The molecule has 0 aliphatic heterocycles. The van der Waals surface area contributed by atoms with Gasteiger partial charge in [-0.05, 0) is 38.5 Å². The van der Waals surface area contributed by atoms with Gasteiger partial charge < -0.3 is 20.6 Å². The van der Waals surface area contributed by atoms with Crippen molar-refractivity contribution in [2.45, 2.75) is 231 Å². The second-order valence-corrected chi connectivity index (χ2v) is 13.8. The van der Waals surface area contributed by atoms with E-state index in [2.05, 4.69) is 31.3 Å². The van der Waals surface area contributed by atoms with Crippen LogP contribution in [0.2, 0.25) is 0 Å². The molecule has 5 nitrogen and oxygen atoms in total. The largest absolute Gasteiger partial charge is 0.394 e. The van der Waals surface area contributed by atoms with E-state index in [1.807, 2.05) is 0 Å². The Morgan fingerprint density at radius 2 is 0.844 bits per heavy atom. The first-order chi connectivity index (χ1) is 22.1. The molecule has 0 fully saturated rings. The van der Waals surface area contributed by atoms with E-state index in [4.69, 9.17) is 0 Å². The Labute approximate surface area is 280 Å². The summed E-state index contributed by atoms with van der Waals surface area (Å²) in [5.74, 6) is -0.475. The second kappa shape index (κ2) is 35.9. The van der Waals surface area contributed by atoms with Crippen LogP contribution in [0.1, 0.15) is 213 Å². The van der Waals surface area contributed by atoms with Crippen LogP contribution in [0, 0.1) is 0 Å². The molecular formula is C40H79NO4. The van der Waals surface area contributed by atoms with Gasteiger partial charge in [0.15, 0.2) is 0 Å². The maximum absolute atomic E-state index is 12.4. The molecule has 0 spiro atoms. The summed E-state index contributed by atoms with van der Waals surface area (Å²) < 4.78 is 0. The van der Waals surface area contributed by atoms with Gasteiger partial charge in [0.05, 0.1) is 18.8 Å². The summed E-state index contributed by atoms with van der Waals surface area (Å²) in [6.07, 6.45) is 40.5. The number of carbonyl (C=O) groups is 1. The van der Waals surface area contributed by atoms with Crippen LogP contribution in [0.25, 0.3) is 0 Å². The lowest BCUT2D eigenvalue weighted by molar-refractivity contribution is -0.131. The molecule has 0 heterocycles. The molecule has 3 unspecified atom stereocenters. The molecule has 268 valence electrons. The van der Waals surface area contributed by atoms with Gasteiger partial charge in [-0.3, -0.25) is 4.79 Å². The van der Waals surface area contributed by atoms with Crippen LogP contribution in [-0.2, 0) is 4.79 Å². The SMILES string of the molecule is CCCCCCCCCC/C=C\CCCCCCCCC(O)C(=O)NC(CO)C(O)CCCCCCCCCCCCCCC. The maximum atomic E-state index is 12.4. The lowest BCUT2D eigenvalue weighted by atomic mass is 10.0. The molecule has 1 amide bonds. The molecule has 0 saturated carbocycles. The van der Waals surface area contributed by atoms with E-state index in [0.29, 0.717) is 12.8 Å². The summed E-state index contributed by atoms with van der Waals surface area (Å²) in [6.45, 7) is 4.22. The van der Waals surface area contributed by atoms with Crippen molar-refractivity contribution in [3.05, 3.63) is 12.2 Å². The maximum Gasteiger partial charge on any atom is 0.249 e. The monoisotopic (exact) mass is 638 g/mol. The zero-order valence-corrected chi connectivity index (χ0v) is 30.3. The van der Waals surface area contributed by atoms with Crippen LogP contribution in [0.3, 0.4) is 0 Å². The Bertz CT molecular complexity index is 625. The minimum absolute atomic E-state index is 0.313. The number of carbonyl (C=O) groups excluding carboxylic acids is 1. The molecular weight excluding hydrogens is 558 g/mol. The third-order valence-corrected chi connectivity index (χ3v) is 9.38. The Kier molecular flexibility index (Phi) is 35.2. The van der Waals surface area contributed by atoms with Crippen LogP contribution >= 0.6 is 0 Å². The van der Waals surface area contributed by atoms with Crippen molar-refractivity contribution in [1.82, 2.24) is 5.32 Å². The molecule has 0 saturated heterocycles. The van der Waals surface area contributed by atoms with Crippen LogP contribution in [-0.4, -0.2) is 46.1 Å². The zero-order valence-electron chi connectivity index (χ0n) is 30.3. The smallest absolute Gasteiger partial charge is 0.249 e. The Morgan fingerprint density at radius 3 is 1.22 bits per heavy atom. The van der Waals surface area contributed by atoms with Gasteiger partial charge in [0.2, 0.25) is 5.91 Å². The van der Waals surface area contributed by atoms with Crippen molar-refractivity contribution < 1.29 is 20.1 Å². The van der Waals surface area contributed by atoms with Crippen LogP contribution in [0.15, 0.2) is 12.2 Å². The molecule has 45 heavy (non-hydrogen) atoms. The minimum atomic E-state index is -1.08. The molecule has 0 aromatic carbocycles. The Balaban J connectivity index is 3.65. The van der Waals surface area contributed by atoms with Gasteiger partial charge in [-0.25, -0.2) is 0 Å². The lowest BCUT2D eigenvalue weighted by Crippen LogP contribution is -2.49. The van der Waals surface area contributed by atoms with Crippen LogP contribution in [0.5, 0.6) is 0 Å². The van der Waals surface area contributed by atoms with Crippen molar-refractivity contribution in [3.63, 3.8) is 0 Å². The highest BCUT2D eigenvalue weighted by atomic mass is 16.3. The van der Waals surface area contributed by atoms with Gasteiger partial charge in [-0.2, -0.15) is 0 Å². The molecule has 0 radical (unpaired) electrons. The predicted octanol–water partition coefficient (Wildman–Crippen LogP) is 10.9. The fourth-order valence-electron chi connectivity index (χ4n) is 6.18. The second-order valence-electron chi connectivity index (χ2n) is 13.8. The van der Waals surface area contributed by atoms with Gasteiger partial charge >= 0.3 is 0 Å². The number of unbranched alkanes of at least 4 members (excludes halogenated alkanes) is 26. The number of rotatable bonds is 36. The number of amides is 1. The molecule has 0 aliphatic rings. The van der Waals surface area contributed by atoms with Gasteiger partial charge in [0, 0.05) is 0 Å². The van der Waals surface area contributed by atoms with E-state index in [-0.39, 0.29) is 6.61 Å². The summed E-state index contributed by atoms with van der Waals surface area (Å²) in [5.41, 5.74) is 0. The first-order valence-electron chi connectivity index (χ1n) is 20.0. The normalized spacial score (nSPS) is 13.8. The fraction of sp³-hybridized carbons (Fsp3) is 0.925. The molecule has 3 atom stereocenters. The molecule has 5 heteroatoms. The summed E-state index contributed by atoms with van der Waals surface area (Å²) in [6, 6.07) is -0.709. The van der Waals surface area contributed by atoms with Gasteiger partial charge in [-0.15, -0.1) is 0 Å². The van der Waals surface area contributed by atoms with Crippen molar-refractivity contribution in [1.29, 1.82) is 0 Å². The fourth-order valence-corrected chi connectivity index (χ4v) is 6.18. The Hall–Kier alpha value is -0.910. The average Bonchev–Trinajstić information content (AvgIpc) is 3.04. The first-order valence-corrected chi connectivity index (χ1v) is 20.0. The molecule has 0 aromatic rings. The van der Waals surface area contributed by atoms with Crippen molar-refractivity contribution in [2.75, 3.05) is 6.61 Å². The van der Waals surface area contributed by atoms with Crippen LogP contribution < -0.4 is 5.32 Å². The van der Waals surface area contributed by atoms with Crippen LogP contribution in [0.4, 0.5) is 0 Å². The van der Waals surface area contributed by atoms with Crippen molar-refractivity contribution in [2.24, 2.45) is 0 Å². The molecule has 0 rings (SSSR count). The highest BCUT2D eigenvalue weighted by Crippen LogP contribution is 2.15. The number of aliphatic hydroxyl groups is 3. The van der Waals surface area contributed by atoms with Crippen molar-refractivity contribution in [3.8, 4) is 0 Å². The molecule has 4 N–H and O–H groups in total. The number of hydrogen-bond acceptors (Lipinski definition) is 4. The van der Waals surface area contributed by atoms with E-state index in [1.54, 1.807) is 0 Å². The van der Waals surface area contributed by atoms with Crippen molar-refractivity contribution >= 4 is 5.91 Å². The third-order valence-electron chi connectivity index (χ3n) is 9.38. The minimum Gasteiger partial charge on any atom is -0.394 e. The standard InChI is InChI=1S/C40H79NO4/c1-3-5-7-9-11-13-15-17-18-19-20-21-23-25-27-29-31-33-35-39(44)40(45)41-37(36-42)38(43)34-32-30-28-26-24-22-16-14-12-10-8-6-4-2/h19-20,37-39,42-44H,3-18,21-36H2,1-2H3,(H,41,45)/b20-19-. The number of hydrogen-bond donors (Lipinski definition) is 4. The average molecular weight is 638 g/mol. The number of aliphatic hydroxyl groups excluding tert-OH is 3. The van der Waals surface area contributed by atoms with E-state index in [0.717, 1.165) is 32.1 Å². The summed E-state index contributed by atoms with van der Waals surface area (Å²) in [5, 5.41) is 33.2. The summed E-state index contributed by atoms with van der Waals surface area (Å²) in [4.78, 5) is 12.4. The Morgan fingerprint density at radius 1 is 0.511 bits per heavy atom. The van der Waals surface area contributed by atoms with E-state index in [1.165, 1.54) is 154 Å². The quantitative estimate of drug-likeness (QED) is 0.0406. The van der Waals surface area contributed by atoms with E-state index >= 15 is 0 Å². The summed E-state index contributed by atoms with van der Waals surface area (Å²) in [7, 11) is 0. The number of nitrogens with one attached hydrogen (secondary N) is 1. The topological polar surface area (TPSA) is 89.8 Å². The molecule has 0 bridgehead atoms. The highest BCUT2D eigenvalue weighted by molar-refractivity contribution is 5.80. The van der Waals surface area contributed by atoms with E-state index < -0.39 is 24.2 Å². The molecule has 0 aromatic heterocycles. The summed E-state index contributed by atoms with van der Waals surface area (Å²) >= 11 is 0. The third kappa shape index (κ3) is 31.5. The van der Waals surface area contributed by atoms with Gasteiger partial charge in [0.1, 0.15) is 6.10 Å². The van der Waals surface area contributed by atoms with E-state index in [9.17, 15) is 20.1 Å². The highest BCUT2D eigenvalue weighted by Gasteiger charge is 2.23. The number of allylic oxidation sites excluding steroid dienone is 2. The predicted molar refractivity (Wildman–Crippen MR) is 195 cm³/mol. The van der Waals surface area contributed by atoms with Gasteiger partial charge in [0.25, 0.3) is 0 Å².